The number of H-pyrrole nitrogens is 2. The van der Waals surface area contributed by atoms with Crippen LogP contribution in [-0.2, 0) is 11.3 Å². The number of carbonyl (C=O) groups excluding carboxylic acids is 1. The van der Waals surface area contributed by atoms with E-state index in [1.807, 2.05) is 12.1 Å². The second kappa shape index (κ2) is 8.05. The number of aromatic amines is 2. The summed E-state index contributed by atoms with van der Waals surface area (Å²) in [5.41, 5.74) is 3.37. The Morgan fingerprint density at radius 2 is 1.81 bits per heavy atom. The Morgan fingerprint density at radius 3 is 2.61 bits per heavy atom. The van der Waals surface area contributed by atoms with Crippen molar-refractivity contribution in [3.05, 3.63) is 53.6 Å². The van der Waals surface area contributed by atoms with Gasteiger partial charge in [0.2, 0.25) is 0 Å². The zero-order valence-electron chi connectivity index (χ0n) is 16.5. The maximum absolute atomic E-state index is 12.8. The largest absolute Gasteiger partial charge is 0.379 e. The van der Waals surface area contributed by atoms with Gasteiger partial charge in [0.15, 0.2) is 5.82 Å². The van der Waals surface area contributed by atoms with E-state index in [-0.39, 0.29) is 5.91 Å². The summed E-state index contributed by atoms with van der Waals surface area (Å²) in [6, 6.07) is 10.1. The van der Waals surface area contributed by atoms with Crippen LogP contribution in [0.3, 0.4) is 0 Å². The van der Waals surface area contributed by atoms with Crippen molar-refractivity contribution >= 4 is 33.7 Å². The number of anilines is 1. The molecular weight excluding hydrogens is 406 g/mol. The van der Waals surface area contributed by atoms with Gasteiger partial charge >= 0.3 is 0 Å². The molecule has 0 unspecified atom stereocenters. The van der Waals surface area contributed by atoms with Gasteiger partial charge in [0, 0.05) is 24.3 Å². The zero-order chi connectivity index (χ0) is 21.4. The third-order valence-electron chi connectivity index (χ3n) is 5.23. The minimum Gasteiger partial charge on any atom is -0.379 e. The molecule has 2 aromatic heterocycles. The van der Waals surface area contributed by atoms with E-state index in [9.17, 15) is 13.6 Å². The summed E-state index contributed by atoms with van der Waals surface area (Å²) in [5.74, 6) is 0.104. The van der Waals surface area contributed by atoms with Crippen molar-refractivity contribution in [1.29, 1.82) is 0 Å². The third kappa shape index (κ3) is 4.12. The van der Waals surface area contributed by atoms with E-state index in [1.54, 1.807) is 18.2 Å². The molecule has 1 aliphatic rings. The summed E-state index contributed by atoms with van der Waals surface area (Å²) in [7, 11) is 0. The smallest absolute Gasteiger partial charge is 0.295 e. The van der Waals surface area contributed by atoms with Gasteiger partial charge in [-0.15, -0.1) is 0 Å². The molecule has 0 bridgehead atoms. The number of rotatable bonds is 5. The fourth-order valence-corrected chi connectivity index (χ4v) is 3.66. The molecule has 2 aromatic carbocycles. The average molecular weight is 426 g/mol. The summed E-state index contributed by atoms with van der Waals surface area (Å²) in [5, 5.41) is 2.84. The first-order valence-electron chi connectivity index (χ1n) is 9.93. The van der Waals surface area contributed by atoms with E-state index in [4.69, 9.17) is 4.74 Å². The topological polar surface area (TPSA) is 98.9 Å². The van der Waals surface area contributed by atoms with E-state index >= 15 is 0 Å². The number of nitrogens with one attached hydrogen (secondary N) is 3. The number of morpholine rings is 1. The molecule has 3 heterocycles. The molecule has 160 valence electrons. The number of nitrogens with zero attached hydrogens (tertiary/aromatic N) is 3. The minimum absolute atomic E-state index is 0.342. The maximum Gasteiger partial charge on any atom is 0.295 e. The van der Waals surface area contributed by atoms with Crippen molar-refractivity contribution in [3.63, 3.8) is 0 Å². The predicted molar refractivity (Wildman–Crippen MR) is 111 cm³/mol. The predicted octanol–water partition coefficient (Wildman–Crippen LogP) is 3.46. The summed E-state index contributed by atoms with van der Waals surface area (Å²) < 4.78 is 31.0. The molecule has 1 saturated heterocycles. The average Bonchev–Trinajstić information content (AvgIpc) is 3.37. The van der Waals surface area contributed by atoms with Gasteiger partial charge in [-0.3, -0.25) is 9.69 Å². The Morgan fingerprint density at radius 1 is 1.06 bits per heavy atom. The lowest BCUT2D eigenvalue weighted by Crippen LogP contribution is -2.35. The van der Waals surface area contributed by atoms with Crippen LogP contribution in [0, 0.1) is 0 Å². The molecule has 1 amide bonds. The van der Waals surface area contributed by atoms with Gasteiger partial charge in [0.25, 0.3) is 12.3 Å². The normalized spacial score (nSPS) is 15.2. The molecule has 4 aromatic rings. The summed E-state index contributed by atoms with van der Waals surface area (Å²) in [6.07, 6.45) is -2.70. The lowest BCUT2D eigenvalue weighted by molar-refractivity contribution is 0.0332. The molecule has 31 heavy (non-hydrogen) atoms. The van der Waals surface area contributed by atoms with E-state index in [2.05, 4.69) is 30.2 Å². The van der Waals surface area contributed by atoms with Crippen LogP contribution < -0.4 is 5.32 Å². The van der Waals surface area contributed by atoms with Crippen molar-refractivity contribution in [1.82, 2.24) is 24.8 Å². The first-order chi connectivity index (χ1) is 15.0. The number of amides is 1. The summed E-state index contributed by atoms with van der Waals surface area (Å²) in [4.78, 5) is 29.2. The molecular formula is C21H20F2N6O2. The Kier molecular flexibility index (Phi) is 5.08. The van der Waals surface area contributed by atoms with Gasteiger partial charge < -0.3 is 20.0 Å². The van der Waals surface area contributed by atoms with Gasteiger partial charge in [0.05, 0.1) is 41.8 Å². The van der Waals surface area contributed by atoms with E-state index in [1.165, 1.54) is 6.07 Å². The summed E-state index contributed by atoms with van der Waals surface area (Å²) in [6.45, 7) is 3.91. The van der Waals surface area contributed by atoms with Crippen LogP contribution >= 0.6 is 0 Å². The number of ether oxygens (including phenoxy) is 1. The number of hydrogen-bond donors (Lipinski definition) is 3. The van der Waals surface area contributed by atoms with Gasteiger partial charge in [-0.05, 0) is 36.4 Å². The van der Waals surface area contributed by atoms with Crippen LogP contribution in [0.1, 0.15) is 28.4 Å². The minimum atomic E-state index is -2.70. The van der Waals surface area contributed by atoms with Crippen LogP contribution in [0.15, 0.2) is 36.4 Å². The summed E-state index contributed by atoms with van der Waals surface area (Å²) >= 11 is 0. The van der Waals surface area contributed by atoms with Crippen molar-refractivity contribution in [2.24, 2.45) is 0 Å². The number of aromatic nitrogens is 4. The Hall–Kier alpha value is -3.37. The molecule has 1 aliphatic heterocycles. The number of fused-ring (bicyclic) bond motifs is 2. The van der Waals surface area contributed by atoms with E-state index in [0.717, 1.165) is 43.2 Å². The number of carbonyl (C=O) groups is 1. The van der Waals surface area contributed by atoms with Crippen molar-refractivity contribution in [2.45, 2.75) is 13.0 Å². The highest BCUT2D eigenvalue weighted by atomic mass is 19.3. The first kappa shape index (κ1) is 19.6. The molecule has 0 saturated carbocycles. The molecule has 1 fully saturated rings. The number of benzene rings is 2. The van der Waals surface area contributed by atoms with Crippen molar-refractivity contribution in [2.75, 3.05) is 31.6 Å². The fourth-order valence-electron chi connectivity index (χ4n) is 3.66. The second-order valence-corrected chi connectivity index (χ2v) is 7.41. The SMILES string of the molecule is O=C(Nc1ccc2nc(CN3CCOCC3)[nH]c2c1)c1ccc2nc(C(F)F)[nH]c2c1. The third-order valence-corrected chi connectivity index (χ3v) is 5.23. The molecule has 3 N–H and O–H groups in total. The Balaban J connectivity index is 1.32. The number of halogens is 2. The number of imidazole rings is 2. The molecule has 0 aliphatic carbocycles. The number of hydrogen-bond acceptors (Lipinski definition) is 5. The molecule has 0 spiro atoms. The first-order valence-corrected chi connectivity index (χ1v) is 9.93. The molecule has 8 nitrogen and oxygen atoms in total. The van der Waals surface area contributed by atoms with Crippen LogP contribution in [-0.4, -0.2) is 57.0 Å². The quantitative estimate of drug-likeness (QED) is 0.454. The Bertz CT molecular complexity index is 1250. The maximum atomic E-state index is 12.8. The fraction of sp³-hybridized carbons (Fsp3) is 0.286. The lowest BCUT2D eigenvalue weighted by Gasteiger charge is -2.25. The highest BCUT2D eigenvalue weighted by Crippen LogP contribution is 2.22. The monoisotopic (exact) mass is 426 g/mol. The van der Waals surface area contributed by atoms with Gasteiger partial charge in [-0.1, -0.05) is 0 Å². The highest BCUT2D eigenvalue weighted by Gasteiger charge is 2.16. The van der Waals surface area contributed by atoms with Gasteiger partial charge in [-0.25, -0.2) is 18.7 Å². The van der Waals surface area contributed by atoms with E-state index in [0.29, 0.717) is 28.8 Å². The van der Waals surface area contributed by atoms with E-state index < -0.39 is 12.2 Å². The lowest BCUT2D eigenvalue weighted by atomic mass is 10.2. The second-order valence-electron chi connectivity index (χ2n) is 7.41. The Labute approximate surface area is 175 Å². The standard InChI is InChI=1S/C21H20F2N6O2/c22-19(23)20-27-15-3-1-12(9-16(15)28-20)21(30)24-13-2-4-14-17(10-13)26-18(25-14)11-29-5-7-31-8-6-29/h1-4,9-10,19H,5-8,11H2,(H,24,30)(H,25,26)(H,27,28). The highest BCUT2D eigenvalue weighted by molar-refractivity contribution is 6.06. The van der Waals surface area contributed by atoms with Crippen LogP contribution in [0.2, 0.25) is 0 Å². The van der Waals surface area contributed by atoms with Crippen LogP contribution in [0.5, 0.6) is 0 Å². The van der Waals surface area contributed by atoms with Crippen LogP contribution in [0.25, 0.3) is 22.1 Å². The van der Waals surface area contributed by atoms with Gasteiger partial charge in [-0.2, -0.15) is 0 Å². The molecule has 10 heteroatoms. The van der Waals surface area contributed by atoms with Crippen LogP contribution in [0.4, 0.5) is 14.5 Å². The van der Waals surface area contributed by atoms with Crippen molar-refractivity contribution < 1.29 is 18.3 Å². The molecule has 0 atom stereocenters. The number of alkyl halides is 2. The van der Waals surface area contributed by atoms with Crippen molar-refractivity contribution in [3.8, 4) is 0 Å². The van der Waals surface area contributed by atoms with Gasteiger partial charge in [0.1, 0.15) is 5.82 Å². The molecule has 0 radical (unpaired) electrons. The molecule has 5 rings (SSSR count). The zero-order valence-corrected chi connectivity index (χ0v) is 16.5.